The summed E-state index contributed by atoms with van der Waals surface area (Å²) in [6.45, 7) is 4.84. The van der Waals surface area contributed by atoms with Crippen LogP contribution < -0.4 is 11.1 Å². The standard InChI is InChI=1S/C26H39N3O5.ClH/c1-3-5-9-15-33-24(30)14-13-21(27)25(31)29-23(26(32)34-16-10-6-4-2)17-19-18-28-22-12-8-7-11-20(19)22;/h7-8,11-12,18,21,23,28H,3-6,9-10,13-17,27H2,1-2H3,(H,29,31);1H/t21-,23-;/m0./s1. The van der Waals surface area contributed by atoms with Gasteiger partial charge in [0.1, 0.15) is 6.04 Å². The highest BCUT2D eigenvalue weighted by Crippen LogP contribution is 2.19. The third-order valence-electron chi connectivity index (χ3n) is 5.70. The second-order valence-electron chi connectivity index (χ2n) is 8.57. The highest BCUT2D eigenvalue weighted by atomic mass is 35.5. The zero-order valence-electron chi connectivity index (χ0n) is 20.8. The van der Waals surface area contributed by atoms with Crippen molar-refractivity contribution in [2.24, 2.45) is 5.73 Å². The fourth-order valence-electron chi connectivity index (χ4n) is 3.63. The molecule has 196 valence electrons. The molecule has 0 aliphatic carbocycles. The maximum Gasteiger partial charge on any atom is 0.328 e. The van der Waals surface area contributed by atoms with Crippen molar-refractivity contribution in [3.05, 3.63) is 36.0 Å². The zero-order valence-corrected chi connectivity index (χ0v) is 21.7. The Balaban J connectivity index is 0.00000612. The molecule has 2 atom stereocenters. The molecule has 1 heterocycles. The van der Waals surface area contributed by atoms with E-state index in [1.807, 2.05) is 30.5 Å². The van der Waals surface area contributed by atoms with Crippen LogP contribution in [0.1, 0.15) is 70.8 Å². The van der Waals surface area contributed by atoms with Gasteiger partial charge in [-0.1, -0.05) is 57.7 Å². The summed E-state index contributed by atoms with van der Waals surface area (Å²) in [6, 6.07) is 5.96. The molecule has 0 unspecified atom stereocenters. The van der Waals surface area contributed by atoms with Crippen molar-refractivity contribution in [1.82, 2.24) is 10.3 Å². The number of aromatic nitrogens is 1. The van der Waals surface area contributed by atoms with Crippen molar-refractivity contribution in [2.75, 3.05) is 13.2 Å². The van der Waals surface area contributed by atoms with Crippen LogP contribution >= 0.6 is 12.4 Å². The van der Waals surface area contributed by atoms with E-state index in [0.717, 1.165) is 55.0 Å². The average molecular weight is 510 g/mol. The Kier molecular flexibility index (Phi) is 14.7. The lowest BCUT2D eigenvalue weighted by molar-refractivity contribution is -0.148. The molecule has 8 nitrogen and oxygen atoms in total. The van der Waals surface area contributed by atoms with Crippen LogP contribution in [-0.4, -0.2) is 48.1 Å². The summed E-state index contributed by atoms with van der Waals surface area (Å²) in [4.78, 5) is 40.6. The van der Waals surface area contributed by atoms with E-state index in [4.69, 9.17) is 15.2 Å². The Morgan fingerprint density at radius 2 is 1.66 bits per heavy atom. The first-order chi connectivity index (χ1) is 16.5. The Labute approximate surface area is 214 Å². The van der Waals surface area contributed by atoms with Crippen LogP contribution in [0.4, 0.5) is 0 Å². The summed E-state index contributed by atoms with van der Waals surface area (Å²) in [5.74, 6) is -1.35. The topological polar surface area (TPSA) is 124 Å². The number of esters is 2. The number of unbranched alkanes of at least 4 members (excludes halogenated alkanes) is 4. The molecule has 1 aromatic carbocycles. The van der Waals surface area contributed by atoms with Gasteiger partial charge in [0.15, 0.2) is 0 Å². The van der Waals surface area contributed by atoms with Gasteiger partial charge in [0.2, 0.25) is 5.91 Å². The summed E-state index contributed by atoms with van der Waals surface area (Å²) in [7, 11) is 0. The number of carbonyl (C=O) groups excluding carboxylic acids is 3. The predicted octanol–water partition coefficient (Wildman–Crippen LogP) is 4.19. The van der Waals surface area contributed by atoms with Crippen LogP contribution in [0.5, 0.6) is 0 Å². The van der Waals surface area contributed by atoms with E-state index in [1.165, 1.54) is 0 Å². The Bertz CT molecular complexity index is 917. The lowest BCUT2D eigenvalue weighted by Crippen LogP contribution is -2.50. The van der Waals surface area contributed by atoms with Crippen LogP contribution in [0.3, 0.4) is 0 Å². The molecular formula is C26H40ClN3O5. The number of halogens is 1. The Hall–Kier alpha value is -2.58. The van der Waals surface area contributed by atoms with E-state index < -0.39 is 24.0 Å². The molecule has 4 N–H and O–H groups in total. The molecule has 35 heavy (non-hydrogen) atoms. The number of hydrogen-bond acceptors (Lipinski definition) is 6. The first-order valence-electron chi connectivity index (χ1n) is 12.4. The third kappa shape index (κ3) is 10.7. The normalized spacial score (nSPS) is 12.4. The van der Waals surface area contributed by atoms with E-state index in [0.29, 0.717) is 13.2 Å². The van der Waals surface area contributed by atoms with Crippen molar-refractivity contribution in [3.63, 3.8) is 0 Å². The van der Waals surface area contributed by atoms with E-state index in [1.54, 1.807) is 0 Å². The van der Waals surface area contributed by atoms with Crippen molar-refractivity contribution >= 4 is 41.2 Å². The number of ether oxygens (including phenoxy) is 2. The number of para-hydroxylation sites is 1. The molecule has 0 fully saturated rings. The number of amides is 1. The van der Waals surface area contributed by atoms with Gasteiger partial charge in [-0.15, -0.1) is 12.4 Å². The first-order valence-corrected chi connectivity index (χ1v) is 12.4. The zero-order chi connectivity index (χ0) is 24.8. The third-order valence-corrected chi connectivity index (χ3v) is 5.70. The number of aromatic amines is 1. The lowest BCUT2D eigenvalue weighted by atomic mass is 10.0. The van der Waals surface area contributed by atoms with Crippen molar-refractivity contribution in [2.45, 2.75) is 83.7 Å². The number of carbonyl (C=O) groups is 3. The summed E-state index contributed by atoms with van der Waals surface area (Å²) in [5, 5.41) is 3.72. The minimum Gasteiger partial charge on any atom is -0.466 e. The van der Waals surface area contributed by atoms with Crippen LogP contribution in [0.25, 0.3) is 10.9 Å². The largest absolute Gasteiger partial charge is 0.466 e. The molecule has 2 aromatic rings. The molecular weight excluding hydrogens is 470 g/mol. The maximum atomic E-state index is 12.8. The van der Waals surface area contributed by atoms with Crippen molar-refractivity contribution in [1.29, 1.82) is 0 Å². The highest BCUT2D eigenvalue weighted by molar-refractivity contribution is 5.89. The number of fused-ring (bicyclic) bond motifs is 1. The average Bonchev–Trinajstić information content (AvgIpc) is 3.25. The Morgan fingerprint density at radius 1 is 1.00 bits per heavy atom. The molecule has 0 spiro atoms. The number of benzene rings is 1. The summed E-state index contributed by atoms with van der Waals surface area (Å²) in [5.41, 5.74) is 7.87. The number of nitrogens with one attached hydrogen (secondary N) is 2. The highest BCUT2D eigenvalue weighted by Gasteiger charge is 2.26. The monoisotopic (exact) mass is 509 g/mol. The van der Waals surface area contributed by atoms with Gasteiger partial charge in [-0.3, -0.25) is 9.59 Å². The fourth-order valence-corrected chi connectivity index (χ4v) is 3.63. The molecule has 0 bridgehead atoms. The van der Waals surface area contributed by atoms with Crippen LogP contribution in [-0.2, 0) is 30.3 Å². The smallest absolute Gasteiger partial charge is 0.328 e. The number of H-pyrrole nitrogens is 1. The maximum absolute atomic E-state index is 12.8. The molecule has 0 radical (unpaired) electrons. The molecule has 2 rings (SSSR count). The van der Waals surface area contributed by atoms with E-state index in [2.05, 4.69) is 24.1 Å². The number of rotatable bonds is 16. The van der Waals surface area contributed by atoms with Gasteiger partial charge >= 0.3 is 11.9 Å². The van der Waals surface area contributed by atoms with Gasteiger partial charge in [0.05, 0.1) is 19.3 Å². The van der Waals surface area contributed by atoms with Gasteiger partial charge in [-0.05, 0) is 30.9 Å². The van der Waals surface area contributed by atoms with Crippen LogP contribution in [0.15, 0.2) is 30.5 Å². The van der Waals surface area contributed by atoms with Crippen LogP contribution in [0.2, 0.25) is 0 Å². The Morgan fingerprint density at radius 3 is 2.34 bits per heavy atom. The van der Waals surface area contributed by atoms with Crippen molar-refractivity contribution < 1.29 is 23.9 Å². The molecule has 0 aliphatic rings. The summed E-state index contributed by atoms with van der Waals surface area (Å²) in [6.07, 6.45) is 7.93. The first kappa shape index (κ1) is 30.5. The molecule has 9 heteroatoms. The summed E-state index contributed by atoms with van der Waals surface area (Å²) < 4.78 is 10.6. The minimum absolute atomic E-state index is 0. The number of nitrogens with two attached hydrogens (primary N) is 1. The molecule has 0 aliphatic heterocycles. The van der Waals surface area contributed by atoms with Crippen LogP contribution in [0, 0.1) is 0 Å². The second-order valence-corrected chi connectivity index (χ2v) is 8.57. The van der Waals surface area contributed by atoms with E-state index in [-0.39, 0.29) is 37.6 Å². The van der Waals surface area contributed by atoms with Crippen molar-refractivity contribution in [3.8, 4) is 0 Å². The SMILES string of the molecule is CCCCCOC(=O)CC[C@H](N)C(=O)N[C@@H](Cc1c[nH]c2ccccc12)C(=O)OCCCCC.Cl. The van der Waals surface area contributed by atoms with Gasteiger partial charge in [0.25, 0.3) is 0 Å². The fraction of sp³-hybridized carbons (Fsp3) is 0.577. The van der Waals surface area contributed by atoms with Gasteiger partial charge in [-0.25, -0.2) is 4.79 Å². The molecule has 1 amide bonds. The van der Waals surface area contributed by atoms with Gasteiger partial charge in [0, 0.05) is 29.9 Å². The second kappa shape index (κ2) is 16.9. The molecule has 0 saturated carbocycles. The lowest BCUT2D eigenvalue weighted by Gasteiger charge is -2.20. The predicted molar refractivity (Wildman–Crippen MR) is 139 cm³/mol. The molecule has 1 aromatic heterocycles. The van der Waals surface area contributed by atoms with Gasteiger partial charge in [-0.2, -0.15) is 0 Å². The summed E-state index contributed by atoms with van der Waals surface area (Å²) >= 11 is 0. The minimum atomic E-state index is -0.929. The quantitative estimate of drug-likeness (QED) is 0.230. The molecule has 0 saturated heterocycles. The van der Waals surface area contributed by atoms with E-state index in [9.17, 15) is 14.4 Å². The van der Waals surface area contributed by atoms with Gasteiger partial charge < -0.3 is 25.5 Å². The van der Waals surface area contributed by atoms with E-state index >= 15 is 0 Å². The number of hydrogen-bond donors (Lipinski definition) is 3.